The van der Waals surface area contributed by atoms with Crippen molar-refractivity contribution in [1.29, 1.82) is 0 Å². The van der Waals surface area contributed by atoms with Gasteiger partial charge in [-0.05, 0) is 35.7 Å². The molecule has 5 nitrogen and oxygen atoms in total. The summed E-state index contributed by atoms with van der Waals surface area (Å²) in [4.78, 5) is 25.2. The first kappa shape index (κ1) is 17.3. The molecule has 1 heterocycles. The van der Waals surface area contributed by atoms with Gasteiger partial charge in [0.1, 0.15) is 12.4 Å². The highest BCUT2D eigenvalue weighted by Crippen LogP contribution is 2.15. The molecule has 23 heavy (non-hydrogen) atoms. The van der Waals surface area contributed by atoms with E-state index >= 15 is 0 Å². The fourth-order valence-electron chi connectivity index (χ4n) is 1.74. The second-order valence-electron chi connectivity index (χ2n) is 4.81. The number of nitrogens with zero attached hydrogens (tertiary/aromatic N) is 1. The van der Waals surface area contributed by atoms with Crippen LogP contribution in [0.15, 0.2) is 41.1 Å². The molecule has 0 spiro atoms. The van der Waals surface area contributed by atoms with Crippen LogP contribution in [0.2, 0.25) is 5.02 Å². The predicted octanol–water partition coefficient (Wildman–Crippen LogP) is 2.67. The molecule has 0 aliphatic rings. The number of hydrogen-bond acceptors (Lipinski definition) is 4. The molecule has 122 valence electrons. The number of amides is 2. The Labute approximate surface area is 143 Å². The summed E-state index contributed by atoms with van der Waals surface area (Å²) in [5, 5.41) is 6.80. The van der Waals surface area contributed by atoms with Crippen LogP contribution < -0.4 is 10.1 Å². The Morgan fingerprint density at radius 3 is 2.65 bits per heavy atom. The standard InChI is InChI=1S/C16H17ClN2O3S/c1-19(7-8-22-14-4-2-13(17)3-5-14)15(20)10-18-16(21)12-6-9-23-11-12/h2-6,9,11H,7-8,10H2,1H3,(H,18,21). The highest BCUT2D eigenvalue weighted by atomic mass is 35.5. The molecule has 0 fully saturated rings. The molecule has 2 amide bonds. The number of rotatable bonds is 7. The molecule has 1 aromatic carbocycles. The number of carbonyl (C=O) groups excluding carboxylic acids is 2. The van der Waals surface area contributed by atoms with Gasteiger partial charge in [0.2, 0.25) is 5.91 Å². The zero-order valence-corrected chi connectivity index (χ0v) is 14.2. The van der Waals surface area contributed by atoms with E-state index in [1.54, 1.807) is 42.8 Å². The first-order chi connectivity index (χ1) is 11.1. The Morgan fingerprint density at radius 2 is 2.00 bits per heavy atom. The topological polar surface area (TPSA) is 58.6 Å². The van der Waals surface area contributed by atoms with Gasteiger partial charge in [0, 0.05) is 23.0 Å². The van der Waals surface area contributed by atoms with E-state index in [1.165, 1.54) is 16.2 Å². The van der Waals surface area contributed by atoms with Gasteiger partial charge in [0.05, 0.1) is 13.1 Å². The van der Waals surface area contributed by atoms with Gasteiger partial charge in [-0.1, -0.05) is 11.6 Å². The van der Waals surface area contributed by atoms with E-state index in [1.807, 2.05) is 5.38 Å². The van der Waals surface area contributed by atoms with E-state index in [2.05, 4.69) is 5.32 Å². The van der Waals surface area contributed by atoms with Crippen molar-refractivity contribution < 1.29 is 14.3 Å². The average molecular weight is 353 g/mol. The fourth-order valence-corrected chi connectivity index (χ4v) is 2.50. The molecule has 1 aromatic heterocycles. The van der Waals surface area contributed by atoms with Crippen LogP contribution in [-0.4, -0.2) is 43.5 Å². The molecule has 2 aromatic rings. The molecule has 2 rings (SSSR count). The normalized spacial score (nSPS) is 10.2. The molecule has 0 aliphatic heterocycles. The summed E-state index contributed by atoms with van der Waals surface area (Å²) in [6, 6.07) is 8.74. The van der Waals surface area contributed by atoms with Gasteiger partial charge in [0.25, 0.3) is 5.91 Å². The van der Waals surface area contributed by atoms with Gasteiger partial charge >= 0.3 is 0 Å². The highest BCUT2D eigenvalue weighted by Gasteiger charge is 2.11. The minimum absolute atomic E-state index is 0.0356. The third-order valence-electron chi connectivity index (χ3n) is 3.12. The number of benzene rings is 1. The van der Waals surface area contributed by atoms with E-state index in [0.29, 0.717) is 29.5 Å². The summed E-state index contributed by atoms with van der Waals surface area (Å²) >= 11 is 7.23. The number of hydrogen-bond donors (Lipinski definition) is 1. The van der Waals surface area contributed by atoms with Crippen LogP contribution in [0, 0.1) is 0 Å². The summed E-state index contributed by atoms with van der Waals surface area (Å²) in [7, 11) is 1.67. The van der Waals surface area contributed by atoms with Crippen molar-refractivity contribution in [2.24, 2.45) is 0 Å². The Kier molecular flexibility index (Phi) is 6.43. The summed E-state index contributed by atoms with van der Waals surface area (Å²) in [6.45, 7) is 0.754. The first-order valence-electron chi connectivity index (χ1n) is 6.99. The number of likely N-dealkylation sites (N-methyl/N-ethyl adjacent to an activating group) is 1. The van der Waals surface area contributed by atoms with Gasteiger partial charge in [-0.25, -0.2) is 0 Å². The van der Waals surface area contributed by atoms with Crippen LogP contribution in [0.4, 0.5) is 0 Å². The molecule has 0 saturated heterocycles. The maximum absolute atomic E-state index is 11.9. The van der Waals surface area contributed by atoms with Crippen molar-refractivity contribution in [3.63, 3.8) is 0 Å². The summed E-state index contributed by atoms with van der Waals surface area (Å²) in [6.07, 6.45) is 0. The quantitative estimate of drug-likeness (QED) is 0.833. The van der Waals surface area contributed by atoms with E-state index in [9.17, 15) is 9.59 Å². The molecule has 0 bridgehead atoms. The second kappa shape index (κ2) is 8.55. The first-order valence-corrected chi connectivity index (χ1v) is 8.31. The van der Waals surface area contributed by atoms with Gasteiger partial charge in [-0.15, -0.1) is 0 Å². The molecule has 0 aliphatic carbocycles. The Morgan fingerprint density at radius 1 is 1.26 bits per heavy atom. The van der Waals surface area contributed by atoms with Crippen LogP contribution >= 0.6 is 22.9 Å². The fraction of sp³-hybridized carbons (Fsp3) is 0.250. The second-order valence-corrected chi connectivity index (χ2v) is 6.03. The minimum atomic E-state index is -0.245. The predicted molar refractivity (Wildman–Crippen MR) is 91.2 cm³/mol. The van der Waals surface area contributed by atoms with Crippen LogP contribution in [0.3, 0.4) is 0 Å². The number of nitrogens with one attached hydrogen (secondary N) is 1. The Balaban J connectivity index is 1.68. The molecule has 7 heteroatoms. The van der Waals surface area contributed by atoms with Gasteiger partial charge in [0.15, 0.2) is 0 Å². The lowest BCUT2D eigenvalue weighted by atomic mass is 10.3. The van der Waals surface area contributed by atoms with Crippen molar-refractivity contribution in [1.82, 2.24) is 10.2 Å². The van der Waals surface area contributed by atoms with E-state index in [4.69, 9.17) is 16.3 Å². The largest absolute Gasteiger partial charge is 0.492 e. The molecular weight excluding hydrogens is 336 g/mol. The van der Waals surface area contributed by atoms with Crippen LogP contribution in [0.1, 0.15) is 10.4 Å². The number of thiophene rings is 1. The summed E-state index contributed by atoms with van der Waals surface area (Å²) in [5.41, 5.74) is 0.566. The van der Waals surface area contributed by atoms with E-state index < -0.39 is 0 Å². The molecule has 0 atom stereocenters. The van der Waals surface area contributed by atoms with Gasteiger partial charge in [-0.3, -0.25) is 9.59 Å². The smallest absolute Gasteiger partial charge is 0.252 e. The monoisotopic (exact) mass is 352 g/mol. The zero-order valence-electron chi connectivity index (χ0n) is 12.6. The minimum Gasteiger partial charge on any atom is -0.492 e. The lowest BCUT2D eigenvalue weighted by Gasteiger charge is -2.17. The Hall–Kier alpha value is -2.05. The maximum atomic E-state index is 11.9. The SMILES string of the molecule is CN(CCOc1ccc(Cl)cc1)C(=O)CNC(=O)c1ccsc1. The van der Waals surface area contributed by atoms with Crippen molar-refractivity contribution in [2.45, 2.75) is 0 Å². The molecule has 0 unspecified atom stereocenters. The molecule has 0 saturated carbocycles. The van der Waals surface area contributed by atoms with Gasteiger partial charge < -0.3 is 15.0 Å². The third kappa shape index (κ3) is 5.58. The van der Waals surface area contributed by atoms with E-state index in [0.717, 1.165) is 0 Å². The molecule has 1 N–H and O–H groups in total. The number of carbonyl (C=O) groups is 2. The lowest BCUT2D eigenvalue weighted by molar-refractivity contribution is -0.129. The number of ether oxygens (including phenoxy) is 1. The van der Waals surface area contributed by atoms with Crippen molar-refractivity contribution >= 4 is 34.8 Å². The van der Waals surface area contributed by atoms with Crippen LogP contribution in [0.5, 0.6) is 5.75 Å². The molecular formula is C16H17ClN2O3S. The lowest BCUT2D eigenvalue weighted by Crippen LogP contribution is -2.39. The average Bonchev–Trinajstić information content (AvgIpc) is 3.08. The van der Waals surface area contributed by atoms with Crippen molar-refractivity contribution in [3.8, 4) is 5.75 Å². The zero-order chi connectivity index (χ0) is 16.7. The maximum Gasteiger partial charge on any atom is 0.252 e. The highest BCUT2D eigenvalue weighted by molar-refractivity contribution is 7.08. The Bertz CT molecular complexity index is 644. The van der Waals surface area contributed by atoms with E-state index in [-0.39, 0.29) is 18.4 Å². The van der Waals surface area contributed by atoms with Crippen molar-refractivity contribution in [2.75, 3.05) is 26.7 Å². The van der Waals surface area contributed by atoms with Crippen LogP contribution in [-0.2, 0) is 4.79 Å². The van der Waals surface area contributed by atoms with Crippen molar-refractivity contribution in [3.05, 3.63) is 51.7 Å². The summed E-state index contributed by atoms with van der Waals surface area (Å²) in [5.74, 6) is 0.278. The third-order valence-corrected chi connectivity index (χ3v) is 4.05. The molecule has 0 radical (unpaired) electrons. The van der Waals surface area contributed by atoms with Gasteiger partial charge in [-0.2, -0.15) is 11.3 Å². The number of halogens is 1. The summed E-state index contributed by atoms with van der Waals surface area (Å²) < 4.78 is 5.53. The van der Waals surface area contributed by atoms with Crippen LogP contribution in [0.25, 0.3) is 0 Å².